The number of Topliss-reactive ketones (excluding diaryl/α,β-unsaturated/α-hetero) is 2. The Morgan fingerprint density at radius 2 is 1.44 bits per heavy atom. The van der Waals surface area contributed by atoms with Gasteiger partial charge in [0.05, 0.1) is 13.2 Å². The lowest BCUT2D eigenvalue weighted by atomic mass is 9.67. The molecule has 1 saturated heterocycles. The number of hydrogen-bond acceptors (Lipinski definition) is 5. The molecule has 0 N–H and O–H groups in total. The quantitative estimate of drug-likeness (QED) is 0.468. The molecule has 2 fully saturated rings. The van der Waals surface area contributed by atoms with Crippen molar-refractivity contribution in [1.29, 1.82) is 0 Å². The van der Waals surface area contributed by atoms with Crippen LogP contribution in [0, 0.1) is 6.92 Å². The molecule has 1 aliphatic heterocycles. The molecule has 0 radical (unpaired) electrons. The van der Waals surface area contributed by atoms with E-state index in [1.807, 2.05) is 12.1 Å². The summed E-state index contributed by atoms with van der Waals surface area (Å²) in [5.74, 6) is -1.84. The number of benzene rings is 1. The van der Waals surface area contributed by atoms with Gasteiger partial charge in [0.2, 0.25) is 5.79 Å². The Kier molecular flexibility index (Phi) is 5.41. The Morgan fingerprint density at radius 1 is 0.853 bits per heavy atom. The second-order valence-electron chi connectivity index (χ2n) is 11.0. The maximum absolute atomic E-state index is 12.4. The largest absolute Gasteiger partial charge is 0.339 e. The van der Waals surface area contributed by atoms with Gasteiger partial charge in [-0.25, -0.2) is 0 Å². The summed E-state index contributed by atoms with van der Waals surface area (Å²) in [7, 11) is 0. The maximum Gasteiger partial charge on any atom is 0.240 e. The number of ether oxygens (including phenoxy) is 2. The van der Waals surface area contributed by atoms with E-state index in [4.69, 9.17) is 14.5 Å². The van der Waals surface area contributed by atoms with Crippen molar-refractivity contribution < 1.29 is 19.1 Å². The molecule has 1 aromatic carbocycles. The predicted octanol–water partition coefficient (Wildman–Crippen LogP) is 5.17. The molecular weight excluding hydrogens is 426 g/mol. The van der Waals surface area contributed by atoms with Crippen molar-refractivity contribution in [3.63, 3.8) is 0 Å². The Balaban J connectivity index is 1.60. The molecule has 1 aromatic heterocycles. The van der Waals surface area contributed by atoms with Crippen LogP contribution >= 0.6 is 0 Å². The molecule has 5 rings (SSSR count). The van der Waals surface area contributed by atoms with Gasteiger partial charge in [0, 0.05) is 35.4 Å². The Bertz CT molecular complexity index is 1170. The number of nitrogens with zero attached hydrogens (tertiary/aromatic N) is 1. The molecule has 0 spiro atoms. The van der Waals surface area contributed by atoms with Crippen molar-refractivity contribution in [1.82, 2.24) is 4.98 Å². The van der Waals surface area contributed by atoms with Crippen LogP contribution in [0.25, 0.3) is 0 Å². The lowest BCUT2D eigenvalue weighted by Crippen LogP contribution is -2.34. The first-order valence-electron chi connectivity index (χ1n) is 12.2. The molecule has 178 valence electrons. The topological polar surface area (TPSA) is 65.5 Å². The smallest absolute Gasteiger partial charge is 0.240 e. The zero-order chi connectivity index (χ0) is 24.3. The summed E-state index contributed by atoms with van der Waals surface area (Å²) in [5, 5.41) is 0. The van der Waals surface area contributed by atoms with E-state index >= 15 is 0 Å². The molecule has 1 saturated carbocycles. The number of allylic oxidation sites excluding steroid dienone is 2. The van der Waals surface area contributed by atoms with E-state index in [-0.39, 0.29) is 22.4 Å². The van der Waals surface area contributed by atoms with Gasteiger partial charge in [-0.15, -0.1) is 0 Å². The van der Waals surface area contributed by atoms with E-state index in [0.29, 0.717) is 43.7 Å². The van der Waals surface area contributed by atoms with Crippen LogP contribution in [0.3, 0.4) is 0 Å². The highest BCUT2D eigenvalue weighted by Crippen LogP contribution is 2.46. The first-order valence-corrected chi connectivity index (χ1v) is 12.2. The average Bonchev–Trinajstić information content (AvgIpc) is 3.28. The van der Waals surface area contributed by atoms with Crippen LogP contribution in [0.4, 0.5) is 0 Å². The molecule has 3 aliphatic rings. The monoisotopic (exact) mass is 459 g/mol. The van der Waals surface area contributed by atoms with Gasteiger partial charge < -0.3 is 9.47 Å². The summed E-state index contributed by atoms with van der Waals surface area (Å²) in [6.07, 6.45) is 7.76. The van der Waals surface area contributed by atoms with Crippen molar-refractivity contribution in [2.45, 2.75) is 76.4 Å². The number of carbonyl (C=O) groups excluding carboxylic acids is 2. The van der Waals surface area contributed by atoms with Crippen LogP contribution in [0.15, 0.2) is 42.6 Å². The van der Waals surface area contributed by atoms with Gasteiger partial charge >= 0.3 is 0 Å². The number of carbonyl (C=O) groups is 2. The molecular formula is C29H33NO4. The highest BCUT2D eigenvalue weighted by atomic mass is 16.7. The van der Waals surface area contributed by atoms with Crippen LogP contribution in [-0.2, 0) is 35.7 Å². The number of aromatic nitrogens is 1. The highest BCUT2D eigenvalue weighted by molar-refractivity contribution is 6.09. The van der Waals surface area contributed by atoms with Crippen LogP contribution in [-0.4, -0.2) is 29.8 Å². The van der Waals surface area contributed by atoms with E-state index in [9.17, 15) is 9.59 Å². The van der Waals surface area contributed by atoms with Gasteiger partial charge in [0.15, 0.2) is 0 Å². The summed E-state index contributed by atoms with van der Waals surface area (Å²) in [5.41, 5.74) is 5.72. The second-order valence-corrected chi connectivity index (χ2v) is 11.0. The second kappa shape index (κ2) is 7.96. The van der Waals surface area contributed by atoms with E-state index in [1.165, 1.54) is 11.1 Å². The summed E-state index contributed by atoms with van der Waals surface area (Å²) < 4.78 is 12.6. The number of pyridine rings is 1. The van der Waals surface area contributed by atoms with Crippen LogP contribution in [0.2, 0.25) is 0 Å². The minimum absolute atomic E-state index is 0.0164. The average molecular weight is 460 g/mol. The fourth-order valence-electron chi connectivity index (χ4n) is 5.63. The molecule has 0 amide bonds. The molecule has 34 heavy (non-hydrogen) atoms. The standard InChI is InChI=1S/C29H33NO4/c1-18-15-21-22(28(4,5)12-11-27(21,2)3)16-20(18)29(33-13-14-34-29)25-10-9-19(17-30-25)26-23(31)7-6-8-24(26)32/h9-12,15-17,26H,6-8,13-14H2,1-5H3. The van der Waals surface area contributed by atoms with Crippen molar-refractivity contribution >= 4 is 11.6 Å². The molecule has 0 atom stereocenters. The van der Waals surface area contributed by atoms with E-state index in [2.05, 4.69) is 58.9 Å². The van der Waals surface area contributed by atoms with Crippen LogP contribution < -0.4 is 0 Å². The third-order valence-corrected chi connectivity index (χ3v) is 7.67. The zero-order valence-corrected chi connectivity index (χ0v) is 20.7. The third-order valence-electron chi connectivity index (χ3n) is 7.67. The van der Waals surface area contributed by atoms with Crippen molar-refractivity contribution in [3.05, 3.63) is 76.1 Å². The van der Waals surface area contributed by atoms with Crippen molar-refractivity contribution in [3.8, 4) is 0 Å². The number of rotatable bonds is 3. The zero-order valence-electron chi connectivity index (χ0n) is 20.7. The number of aryl methyl sites for hydroxylation is 1. The highest BCUT2D eigenvalue weighted by Gasteiger charge is 2.45. The van der Waals surface area contributed by atoms with Crippen LogP contribution in [0.5, 0.6) is 0 Å². The minimum Gasteiger partial charge on any atom is -0.339 e. The lowest BCUT2D eigenvalue weighted by molar-refractivity contribution is -0.133. The lowest BCUT2D eigenvalue weighted by Gasteiger charge is -2.39. The van der Waals surface area contributed by atoms with E-state index in [0.717, 1.165) is 11.1 Å². The van der Waals surface area contributed by atoms with Crippen molar-refractivity contribution in [2.75, 3.05) is 13.2 Å². The van der Waals surface area contributed by atoms with Crippen LogP contribution in [0.1, 0.15) is 86.4 Å². The SMILES string of the molecule is Cc1cc2c(cc1C1(c3ccc(C4C(=O)CCCC4=O)cn3)OCCO1)C(C)(C)C=CC2(C)C. The summed E-state index contributed by atoms with van der Waals surface area (Å²) in [6, 6.07) is 8.18. The molecule has 2 heterocycles. The Hall–Kier alpha value is -2.63. The minimum atomic E-state index is -1.11. The van der Waals surface area contributed by atoms with Gasteiger partial charge in [0.1, 0.15) is 23.2 Å². The molecule has 0 unspecified atom stereocenters. The molecule has 5 heteroatoms. The molecule has 0 bridgehead atoms. The normalized spacial score (nSPS) is 23.2. The Morgan fingerprint density at radius 3 is 2.00 bits per heavy atom. The Labute approximate surface area is 201 Å². The fourth-order valence-corrected chi connectivity index (χ4v) is 5.63. The van der Waals surface area contributed by atoms with E-state index in [1.54, 1.807) is 6.20 Å². The molecule has 2 aliphatic carbocycles. The maximum atomic E-state index is 12.4. The fraction of sp³-hybridized carbons (Fsp3) is 0.483. The van der Waals surface area contributed by atoms with Gasteiger partial charge in [-0.2, -0.15) is 0 Å². The number of hydrogen-bond donors (Lipinski definition) is 0. The summed E-state index contributed by atoms with van der Waals surface area (Å²) in [4.78, 5) is 29.5. The molecule has 2 aromatic rings. The first-order chi connectivity index (χ1) is 16.1. The summed E-state index contributed by atoms with van der Waals surface area (Å²) >= 11 is 0. The number of fused-ring (bicyclic) bond motifs is 1. The third kappa shape index (κ3) is 3.57. The first kappa shape index (κ1) is 23.1. The predicted molar refractivity (Wildman–Crippen MR) is 130 cm³/mol. The van der Waals surface area contributed by atoms with Gasteiger partial charge in [-0.1, -0.05) is 52.0 Å². The van der Waals surface area contributed by atoms with Gasteiger partial charge in [0.25, 0.3) is 0 Å². The van der Waals surface area contributed by atoms with Gasteiger partial charge in [-0.05, 0) is 47.7 Å². The van der Waals surface area contributed by atoms with Gasteiger partial charge in [-0.3, -0.25) is 14.6 Å². The molecule has 5 nitrogen and oxygen atoms in total. The summed E-state index contributed by atoms with van der Waals surface area (Å²) in [6.45, 7) is 12.0. The van der Waals surface area contributed by atoms with E-state index < -0.39 is 11.7 Å². The number of ketones is 2. The van der Waals surface area contributed by atoms with Crippen molar-refractivity contribution in [2.24, 2.45) is 0 Å².